The van der Waals surface area contributed by atoms with E-state index in [1.165, 1.54) is 44.1 Å². The highest BCUT2D eigenvalue weighted by Gasteiger charge is 2.31. The number of aromatic nitrogens is 4. The number of carbonyl (C=O) groups is 3. The first-order chi connectivity index (χ1) is 26.3. The van der Waals surface area contributed by atoms with Gasteiger partial charge in [-0.05, 0) is 106 Å². The number of hydrogen-bond donors (Lipinski definition) is 2. The van der Waals surface area contributed by atoms with Gasteiger partial charge in [0.2, 0.25) is 17.8 Å². The zero-order valence-corrected chi connectivity index (χ0v) is 31.7. The third-order valence-electron chi connectivity index (χ3n) is 12.4. The van der Waals surface area contributed by atoms with Crippen LogP contribution in [0.2, 0.25) is 0 Å². The zero-order valence-electron chi connectivity index (χ0n) is 31.7. The van der Waals surface area contributed by atoms with Crippen molar-refractivity contribution in [2.24, 2.45) is 11.8 Å². The molecule has 1 atom stereocenters. The summed E-state index contributed by atoms with van der Waals surface area (Å²) in [5.41, 5.74) is 4.92. The average Bonchev–Trinajstić information content (AvgIpc) is 3.86. The molecule has 2 N–H and O–H groups in total. The van der Waals surface area contributed by atoms with Crippen molar-refractivity contribution in [2.75, 3.05) is 57.0 Å². The molecule has 8 rings (SSSR count). The summed E-state index contributed by atoms with van der Waals surface area (Å²) in [5.74, 6) is 2.19. The number of rotatable bonds is 10. The molecule has 1 unspecified atom stereocenters. The van der Waals surface area contributed by atoms with Crippen molar-refractivity contribution in [3.05, 3.63) is 71.7 Å². The predicted molar refractivity (Wildman–Crippen MR) is 210 cm³/mol. The Kier molecular flexibility index (Phi) is 10.6. The summed E-state index contributed by atoms with van der Waals surface area (Å²) < 4.78 is 2.14. The molecule has 3 saturated heterocycles. The molecule has 284 valence electrons. The van der Waals surface area contributed by atoms with E-state index < -0.39 is 0 Å². The second-order valence-corrected chi connectivity index (χ2v) is 16.0. The van der Waals surface area contributed by atoms with E-state index in [0.29, 0.717) is 30.3 Å². The molecule has 54 heavy (non-hydrogen) atoms. The number of fused-ring (bicyclic) bond motifs is 1. The van der Waals surface area contributed by atoms with Crippen LogP contribution in [-0.2, 0) is 16.0 Å². The van der Waals surface area contributed by atoms with Crippen LogP contribution in [0.25, 0.3) is 11.0 Å². The van der Waals surface area contributed by atoms with Crippen molar-refractivity contribution in [3.63, 3.8) is 0 Å². The number of nitrogens with one attached hydrogen (secondary N) is 2. The Balaban J connectivity index is 0.799. The minimum absolute atomic E-state index is 0.0118. The lowest BCUT2D eigenvalue weighted by Crippen LogP contribution is -2.41. The minimum atomic E-state index is -0.219. The van der Waals surface area contributed by atoms with Gasteiger partial charge in [-0.15, -0.1) is 0 Å². The molecule has 3 aliphatic heterocycles. The van der Waals surface area contributed by atoms with Crippen LogP contribution >= 0.6 is 0 Å². The molecule has 3 aromatic heterocycles. The molecular formula is C42H53N9O3. The highest BCUT2D eigenvalue weighted by Crippen LogP contribution is 2.36. The second kappa shape index (κ2) is 15.9. The highest BCUT2D eigenvalue weighted by atomic mass is 16.2. The van der Waals surface area contributed by atoms with Crippen LogP contribution in [0.1, 0.15) is 97.8 Å². The molecule has 0 bridgehead atoms. The van der Waals surface area contributed by atoms with Gasteiger partial charge in [-0.3, -0.25) is 19.7 Å². The van der Waals surface area contributed by atoms with E-state index in [4.69, 9.17) is 9.97 Å². The van der Waals surface area contributed by atoms with Crippen molar-refractivity contribution in [2.45, 2.75) is 82.6 Å². The lowest BCUT2D eigenvalue weighted by atomic mass is 9.78. The summed E-state index contributed by atoms with van der Waals surface area (Å²) >= 11 is 0. The van der Waals surface area contributed by atoms with E-state index >= 15 is 0 Å². The van der Waals surface area contributed by atoms with Crippen LogP contribution < -0.4 is 15.5 Å². The Hall–Kier alpha value is -4.84. The van der Waals surface area contributed by atoms with Gasteiger partial charge in [-0.1, -0.05) is 37.1 Å². The molecule has 12 heteroatoms. The maximum atomic E-state index is 13.1. The van der Waals surface area contributed by atoms with Gasteiger partial charge in [0, 0.05) is 57.8 Å². The van der Waals surface area contributed by atoms with Crippen molar-refractivity contribution in [3.8, 4) is 0 Å². The fourth-order valence-corrected chi connectivity index (χ4v) is 9.25. The lowest BCUT2D eigenvalue weighted by molar-refractivity contribution is -0.134. The fourth-order valence-electron chi connectivity index (χ4n) is 9.25. The Morgan fingerprint density at radius 1 is 0.870 bits per heavy atom. The van der Waals surface area contributed by atoms with Crippen molar-refractivity contribution in [1.82, 2.24) is 34.6 Å². The Labute approximate surface area is 317 Å². The molecule has 4 aromatic rings. The summed E-state index contributed by atoms with van der Waals surface area (Å²) in [6, 6.07) is 14.8. The summed E-state index contributed by atoms with van der Waals surface area (Å²) in [7, 11) is 3.58. The van der Waals surface area contributed by atoms with Crippen molar-refractivity contribution >= 4 is 46.2 Å². The SMILES string of the molecule is CN(C)C(=O)c1cc2cnc(Nc3ccc(N4CCC(C5CCN(CCc6ccc(C7CCC(=O)NC7=O)cc6)CC5)CC4)cn3)nc2n1C1CCCC1. The minimum Gasteiger partial charge on any atom is -0.370 e. The first-order valence-corrected chi connectivity index (χ1v) is 20.0. The first kappa shape index (κ1) is 36.2. The zero-order chi connectivity index (χ0) is 37.2. The quantitative estimate of drug-likeness (QED) is 0.187. The molecule has 4 aliphatic rings. The van der Waals surface area contributed by atoms with Gasteiger partial charge < -0.3 is 24.6 Å². The summed E-state index contributed by atoms with van der Waals surface area (Å²) in [5, 5.41) is 6.65. The molecule has 0 spiro atoms. The van der Waals surface area contributed by atoms with Gasteiger partial charge in [0.25, 0.3) is 5.91 Å². The van der Waals surface area contributed by atoms with Crippen LogP contribution in [0.5, 0.6) is 0 Å². The van der Waals surface area contributed by atoms with Gasteiger partial charge in [-0.2, -0.15) is 4.98 Å². The Bertz CT molecular complexity index is 1950. The second-order valence-electron chi connectivity index (χ2n) is 16.0. The van der Waals surface area contributed by atoms with E-state index in [1.54, 1.807) is 25.2 Å². The van der Waals surface area contributed by atoms with Gasteiger partial charge in [0.15, 0.2) is 0 Å². The van der Waals surface area contributed by atoms with E-state index in [9.17, 15) is 14.4 Å². The lowest BCUT2D eigenvalue weighted by Gasteiger charge is -2.40. The molecule has 0 radical (unpaired) electrons. The molecular weight excluding hydrogens is 679 g/mol. The van der Waals surface area contributed by atoms with Crippen molar-refractivity contribution < 1.29 is 14.4 Å². The topological polar surface area (TPSA) is 129 Å². The first-order valence-electron chi connectivity index (χ1n) is 20.0. The number of amides is 3. The molecule has 1 aliphatic carbocycles. The number of nitrogens with zero attached hydrogens (tertiary/aromatic N) is 7. The maximum Gasteiger partial charge on any atom is 0.270 e. The smallest absolute Gasteiger partial charge is 0.270 e. The molecule has 6 heterocycles. The number of anilines is 3. The van der Waals surface area contributed by atoms with Crippen LogP contribution in [0.4, 0.5) is 17.5 Å². The van der Waals surface area contributed by atoms with Crippen LogP contribution in [0, 0.1) is 11.8 Å². The number of benzene rings is 1. The molecule has 12 nitrogen and oxygen atoms in total. The van der Waals surface area contributed by atoms with Crippen LogP contribution in [0.15, 0.2) is 54.9 Å². The molecule has 1 aromatic carbocycles. The van der Waals surface area contributed by atoms with E-state index in [1.807, 2.05) is 18.3 Å². The third kappa shape index (κ3) is 7.85. The third-order valence-corrected chi connectivity index (χ3v) is 12.4. The highest BCUT2D eigenvalue weighted by molar-refractivity contribution is 6.01. The van der Waals surface area contributed by atoms with Crippen molar-refractivity contribution in [1.29, 1.82) is 0 Å². The van der Waals surface area contributed by atoms with Gasteiger partial charge in [0.1, 0.15) is 17.2 Å². The standard InChI is InChI=1S/C42H53N9O3/c1-48(2)41(54)36-25-32-26-44-42(47-39(32)51(36)33-5-3-4-6-33)45-37-13-11-34(27-43-37)50-23-18-30(19-24-50)29-16-21-49(22-17-29)20-15-28-7-9-31(10-8-28)35-12-14-38(52)46-40(35)53/h7-11,13,25-27,29-30,33,35H,3-6,12,14-24H2,1-2H3,(H,46,52,53)(H,43,44,45,47). The van der Waals surface area contributed by atoms with Crippen LogP contribution in [-0.4, -0.2) is 93.9 Å². The van der Waals surface area contributed by atoms with E-state index in [0.717, 1.165) is 86.1 Å². The van der Waals surface area contributed by atoms with Gasteiger partial charge in [0.05, 0.1) is 17.8 Å². The molecule has 1 saturated carbocycles. The van der Waals surface area contributed by atoms with E-state index in [2.05, 4.69) is 60.3 Å². The van der Waals surface area contributed by atoms with Gasteiger partial charge >= 0.3 is 0 Å². The number of carbonyl (C=O) groups excluding carboxylic acids is 3. The molecule has 3 amide bonds. The summed E-state index contributed by atoms with van der Waals surface area (Å²) in [4.78, 5) is 57.7. The maximum absolute atomic E-state index is 13.1. The largest absolute Gasteiger partial charge is 0.370 e. The predicted octanol–water partition coefficient (Wildman–Crippen LogP) is 6.08. The number of likely N-dealkylation sites (tertiary alicyclic amines) is 1. The fraction of sp³-hybridized carbons (Fsp3) is 0.524. The van der Waals surface area contributed by atoms with Crippen LogP contribution in [0.3, 0.4) is 0 Å². The summed E-state index contributed by atoms with van der Waals surface area (Å²) in [6.07, 6.45) is 15.2. The number of piperidine rings is 3. The Morgan fingerprint density at radius 2 is 1.59 bits per heavy atom. The number of imide groups is 1. The molecule has 4 fully saturated rings. The number of pyridine rings is 1. The monoisotopic (exact) mass is 731 g/mol. The Morgan fingerprint density at radius 3 is 2.26 bits per heavy atom. The summed E-state index contributed by atoms with van der Waals surface area (Å²) in [6.45, 7) is 5.50. The van der Waals surface area contributed by atoms with E-state index in [-0.39, 0.29) is 29.7 Å². The van der Waals surface area contributed by atoms with Gasteiger partial charge in [-0.25, -0.2) is 9.97 Å². The average molecular weight is 732 g/mol. The normalized spacial score (nSPS) is 20.8. The number of hydrogen-bond acceptors (Lipinski definition) is 9.